The van der Waals surface area contributed by atoms with Gasteiger partial charge in [-0.25, -0.2) is 0 Å². The van der Waals surface area contributed by atoms with Crippen LogP contribution in [-0.2, 0) is 11.0 Å². The maximum atomic E-state index is 12.7. The van der Waals surface area contributed by atoms with E-state index in [1.54, 1.807) is 12.1 Å². The fourth-order valence-electron chi connectivity index (χ4n) is 5.36. The Morgan fingerprint density at radius 3 is 2.41 bits per heavy atom. The second-order valence-corrected chi connectivity index (χ2v) is 9.65. The average Bonchev–Trinajstić information content (AvgIpc) is 3.03. The molecule has 4 fully saturated rings. The highest BCUT2D eigenvalue weighted by Gasteiger charge is 2.61. The number of ether oxygens (including phenoxy) is 1. The molecule has 7 rings (SSSR count). The van der Waals surface area contributed by atoms with E-state index in [0.29, 0.717) is 0 Å². The number of amides is 1. The number of fused-ring (bicyclic) bond motifs is 1. The molecule has 0 radical (unpaired) electrons. The van der Waals surface area contributed by atoms with Crippen LogP contribution in [0.2, 0.25) is 0 Å². The maximum Gasteiger partial charge on any atom is 0.416 e. The van der Waals surface area contributed by atoms with Crippen molar-refractivity contribution in [2.75, 3.05) is 5.32 Å². The Bertz CT molecular complexity index is 1180. The van der Waals surface area contributed by atoms with Gasteiger partial charge in [0.2, 0.25) is 5.91 Å². The minimum Gasteiger partial charge on any atom is -0.490 e. The number of carbonyl (C=O) groups excluding carboxylic acids is 1. The fraction of sp³-hybridized carbons (Fsp3) is 0.400. The standard InChI is InChI=1S/C25H23F3N2O2/c26-25(27,28)17-3-1-15(2-4-17)16-7-19(8-16)32-18-5-6-21-20(9-18)22(13-29-21)30-23(31)24-10-14(11-24)12-24/h1-6,9,13-14,16,19,29H,7-8,10-12H2,(H,30,31)/t14?,16-,19+,24?. The highest BCUT2D eigenvalue weighted by molar-refractivity contribution is 6.04. The first-order chi connectivity index (χ1) is 15.3. The van der Waals surface area contributed by atoms with Crippen LogP contribution >= 0.6 is 0 Å². The first-order valence-electron chi connectivity index (χ1n) is 11.1. The monoisotopic (exact) mass is 440 g/mol. The summed E-state index contributed by atoms with van der Waals surface area (Å²) in [6.07, 6.45) is 2.11. The van der Waals surface area contributed by atoms with Crippen LogP contribution in [0.5, 0.6) is 5.75 Å². The molecule has 1 heterocycles. The smallest absolute Gasteiger partial charge is 0.416 e. The number of hydrogen-bond donors (Lipinski definition) is 2. The van der Waals surface area contributed by atoms with Gasteiger partial charge < -0.3 is 15.0 Å². The lowest BCUT2D eigenvalue weighted by atomic mass is 9.44. The molecule has 4 saturated carbocycles. The van der Waals surface area contributed by atoms with Gasteiger partial charge >= 0.3 is 6.18 Å². The van der Waals surface area contributed by atoms with Gasteiger partial charge in [-0.2, -0.15) is 13.2 Å². The van der Waals surface area contributed by atoms with Crippen molar-refractivity contribution >= 4 is 22.5 Å². The number of nitrogens with one attached hydrogen (secondary N) is 2. The molecule has 1 aromatic heterocycles. The van der Waals surface area contributed by atoms with Crippen LogP contribution in [0.3, 0.4) is 0 Å². The zero-order chi connectivity index (χ0) is 22.1. The molecule has 7 heteroatoms. The fourth-order valence-corrected chi connectivity index (χ4v) is 5.36. The summed E-state index contributed by atoms with van der Waals surface area (Å²) >= 11 is 0. The third kappa shape index (κ3) is 3.17. The van der Waals surface area contributed by atoms with Crippen molar-refractivity contribution < 1.29 is 22.7 Å². The van der Waals surface area contributed by atoms with E-state index in [9.17, 15) is 18.0 Å². The number of H-pyrrole nitrogens is 1. The Balaban J connectivity index is 1.10. The lowest BCUT2D eigenvalue weighted by Crippen LogP contribution is -2.58. The SMILES string of the molecule is O=C(Nc1c[nH]c2ccc(O[C@H]3C[C@@H](c4ccc(C(F)(F)F)cc4)C3)cc12)C12CC(C1)C2. The molecule has 2 bridgehead atoms. The minimum absolute atomic E-state index is 0.0255. The van der Waals surface area contributed by atoms with Gasteiger partial charge in [0.05, 0.1) is 22.8 Å². The molecule has 166 valence electrons. The van der Waals surface area contributed by atoms with Crippen molar-refractivity contribution in [2.24, 2.45) is 11.3 Å². The van der Waals surface area contributed by atoms with Gasteiger partial charge in [-0.1, -0.05) is 12.1 Å². The van der Waals surface area contributed by atoms with Gasteiger partial charge in [0.15, 0.2) is 0 Å². The Morgan fingerprint density at radius 2 is 1.78 bits per heavy atom. The Labute approximate surface area is 183 Å². The summed E-state index contributed by atoms with van der Waals surface area (Å²) in [5.41, 5.74) is 1.86. The third-order valence-electron chi connectivity index (χ3n) is 7.53. The molecule has 1 amide bonds. The zero-order valence-electron chi connectivity index (χ0n) is 17.3. The number of anilines is 1. The second-order valence-electron chi connectivity index (χ2n) is 9.65. The number of aromatic amines is 1. The van der Waals surface area contributed by atoms with E-state index in [-0.39, 0.29) is 23.3 Å². The van der Waals surface area contributed by atoms with Crippen molar-refractivity contribution in [3.05, 3.63) is 59.8 Å². The Hall–Kier alpha value is -2.96. The molecule has 0 spiro atoms. The highest BCUT2D eigenvalue weighted by Crippen LogP contribution is 2.64. The van der Waals surface area contributed by atoms with Crippen molar-refractivity contribution in [2.45, 2.75) is 50.3 Å². The van der Waals surface area contributed by atoms with E-state index in [0.717, 1.165) is 78.1 Å². The van der Waals surface area contributed by atoms with Gasteiger partial charge in [0.25, 0.3) is 0 Å². The molecule has 3 aromatic rings. The van der Waals surface area contributed by atoms with E-state index >= 15 is 0 Å². The lowest BCUT2D eigenvalue weighted by Gasteiger charge is -2.60. The molecular formula is C25H23F3N2O2. The molecule has 4 aliphatic carbocycles. The number of rotatable bonds is 5. The zero-order valence-corrected chi connectivity index (χ0v) is 17.3. The van der Waals surface area contributed by atoms with Crippen molar-refractivity contribution in [1.82, 2.24) is 4.98 Å². The number of benzene rings is 2. The molecule has 32 heavy (non-hydrogen) atoms. The molecular weight excluding hydrogens is 417 g/mol. The summed E-state index contributed by atoms with van der Waals surface area (Å²) in [6, 6.07) is 11.2. The molecule has 2 aromatic carbocycles. The number of aromatic nitrogens is 1. The Morgan fingerprint density at radius 1 is 1.06 bits per heavy atom. The molecule has 0 saturated heterocycles. The summed E-state index contributed by atoms with van der Waals surface area (Å²) in [7, 11) is 0. The number of hydrogen-bond acceptors (Lipinski definition) is 2. The topological polar surface area (TPSA) is 54.1 Å². The van der Waals surface area contributed by atoms with Crippen LogP contribution < -0.4 is 10.1 Å². The van der Waals surface area contributed by atoms with Crippen LogP contribution in [-0.4, -0.2) is 17.0 Å². The first kappa shape index (κ1) is 19.7. The van der Waals surface area contributed by atoms with E-state index in [1.165, 1.54) is 0 Å². The third-order valence-corrected chi connectivity index (χ3v) is 7.53. The predicted octanol–water partition coefficient (Wildman–Crippen LogP) is 6.25. The molecule has 4 aliphatic rings. The summed E-state index contributed by atoms with van der Waals surface area (Å²) in [4.78, 5) is 15.8. The van der Waals surface area contributed by atoms with Crippen LogP contribution in [0.15, 0.2) is 48.7 Å². The van der Waals surface area contributed by atoms with Gasteiger partial charge in [0, 0.05) is 17.1 Å². The first-order valence-corrected chi connectivity index (χ1v) is 11.1. The summed E-state index contributed by atoms with van der Waals surface area (Å²) in [5.74, 6) is 1.80. The van der Waals surface area contributed by atoms with Gasteiger partial charge in [-0.05, 0) is 79.8 Å². The molecule has 2 N–H and O–H groups in total. The second kappa shape index (κ2) is 6.77. The van der Waals surface area contributed by atoms with Crippen LogP contribution in [0.1, 0.15) is 49.1 Å². The molecule has 0 atom stereocenters. The number of halogens is 3. The van der Waals surface area contributed by atoms with Gasteiger partial charge in [0.1, 0.15) is 5.75 Å². The molecule has 0 aliphatic heterocycles. The quantitative estimate of drug-likeness (QED) is 0.493. The number of alkyl halides is 3. The summed E-state index contributed by atoms with van der Waals surface area (Å²) < 4.78 is 44.3. The molecule has 4 nitrogen and oxygen atoms in total. The summed E-state index contributed by atoms with van der Waals surface area (Å²) in [6.45, 7) is 0. The van der Waals surface area contributed by atoms with Crippen molar-refractivity contribution in [3.8, 4) is 5.75 Å². The van der Waals surface area contributed by atoms with E-state index in [4.69, 9.17) is 4.74 Å². The average molecular weight is 440 g/mol. The van der Waals surface area contributed by atoms with E-state index < -0.39 is 11.7 Å². The number of carbonyl (C=O) groups is 1. The highest BCUT2D eigenvalue weighted by atomic mass is 19.4. The van der Waals surface area contributed by atoms with Crippen molar-refractivity contribution in [3.63, 3.8) is 0 Å². The summed E-state index contributed by atoms with van der Waals surface area (Å²) in [5, 5.41) is 4.01. The van der Waals surface area contributed by atoms with Crippen LogP contribution in [0.4, 0.5) is 18.9 Å². The van der Waals surface area contributed by atoms with E-state index in [2.05, 4.69) is 10.3 Å². The Kier molecular flexibility index (Phi) is 4.17. The van der Waals surface area contributed by atoms with Gasteiger partial charge in [-0.3, -0.25) is 4.79 Å². The largest absolute Gasteiger partial charge is 0.490 e. The lowest BCUT2D eigenvalue weighted by molar-refractivity contribution is -0.158. The molecule has 0 unspecified atom stereocenters. The van der Waals surface area contributed by atoms with Crippen LogP contribution in [0, 0.1) is 11.3 Å². The van der Waals surface area contributed by atoms with E-state index in [1.807, 2.05) is 24.4 Å². The predicted molar refractivity (Wildman–Crippen MR) is 115 cm³/mol. The van der Waals surface area contributed by atoms with Crippen LogP contribution in [0.25, 0.3) is 10.9 Å². The van der Waals surface area contributed by atoms with Crippen molar-refractivity contribution in [1.29, 1.82) is 0 Å². The minimum atomic E-state index is -4.31. The normalized spacial score (nSPS) is 28.4. The maximum absolute atomic E-state index is 12.7. The van der Waals surface area contributed by atoms with Gasteiger partial charge in [-0.15, -0.1) is 0 Å².